The van der Waals surface area contributed by atoms with Crippen LogP contribution < -0.4 is 5.32 Å². The molecule has 3 N–H and O–H groups in total. The molecule has 0 fully saturated rings. The highest BCUT2D eigenvalue weighted by Crippen LogP contribution is 2.38. The lowest BCUT2D eigenvalue weighted by atomic mass is 9.76. The van der Waals surface area contributed by atoms with E-state index in [1.807, 2.05) is 91.0 Å². The molecule has 0 heterocycles. The molecule has 1 atom stereocenters. The Morgan fingerprint density at radius 1 is 0.848 bits per heavy atom. The zero-order chi connectivity index (χ0) is 23.9. The number of Topliss-reactive ketones (excluding diaryl/α,β-unsaturated/α-hetero) is 1. The van der Waals surface area contributed by atoms with E-state index >= 15 is 0 Å². The lowest BCUT2D eigenvalue weighted by Gasteiger charge is -2.39. The Balaban J connectivity index is 2.18. The average molecular weight is 467 g/mol. The highest BCUT2D eigenvalue weighted by atomic mass is 31.2. The predicted octanol–water partition coefficient (Wildman–Crippen LogP) is 3.25. The van der Waals surface area contributed by atoms with Crippen molar-refractivity contribution in [3.8, 4) is 0 Å². The van der Waals surface area contributed by atoms with Gasteiger partial charge in [-0.05, 0) is 16.7 Å². The second-order valence-corrected chi connectivity index (χ2v) is 9.28. The largest absolute Gasteiger partial charge is 0.468 e. The molecule has 0 aliphatic carbocycles. The maximum absolute atomic E-state index is 12.8. The van der Waals surface area contributed by atoms with Crippen LogP contribution in [0, 0.1) is 0 Å². The van der Waals surface area contributed by atoms with Crippen molar-refractivity contribution in [2.45, 2.75) is 18.0 Å². The monoisotopic (exact) mass is 467 g/mol. The van der Waals surface area contributed by atoms with Crippen LogP contribution in [0.5, 0.6) is 0 Å². The average Bonchev–Trinajstić information content (AvgIpc) is 2.82. The fourth-order valence-electron chi connectivity index (χ4n) is 3.93. The maximum Gasteiger partial charge on any atom is 0.332 e. The third-order valence-electron chi connectivity index (χ3n) is 5.31. The number of benzene rings is 3. The van der Waals surface area contributed by atoms with Crippen molar-refractivity contribution in [2.75, 3.05) is 13.3 Å². The number of nitrogens with one attached hydrogen (secondary N) is 1. The number of methoxy groups -OCH3 is 1. The molecule has 0 saturated carbocycles. The van der Waals surface area contributed by atoms with Crippen molar-refractivity contribution in [3.63, 3.8) is 0 Å². The van der Waals surface area contributed by atoms with E-state index in [-0.39, 0.29) is 0 Å². The molecule has 0 aliphatic rings. The van der Waals surface area contributed by atoms with E-state index in [1.54, 1.807) is 0 Å². The minimum atomic E-state index is -4.57. The summed E-state index contributed by atoms with van der Waals surface area (Å²) in [5.41, 5.74) is 1.40. The normalized spacial score (nSPS) is 12.7. The molecule has 8 heteroatoms. The molecular weight excluding hydrogens is 441 g/mol. The van der Waals surface area contributed by atoms with Gasteiger partial charge in [0.25, 0.3) is 0 Å². The molecule has 3 aromatic rings. The van der Waals surface area contributed by atoms with E-state index in [2.05, 4.69) is 5.32 Å². The van der Waals surface area contributed by atoms with E-state index in [0.717, 1.165) is 16.7 Å². The van der Waals surface area contributed by atoms with Crippen LogP contribution in [-0.4, -0.2) is 40.9 Å². The topological polar surface area (TPSA) is 113 Å². The Morgan fingerprint density at radius 2 is 1.24 bits per heavy atom. The summed E-state index contributed by atoms with van der Waals surface area (Å²) in [5.74, 6) is -1.45. The Kier molecular flexibility index (Phi) is 7.95. The number of carbonyl (C=O) groups excluding carboxylic acids is 2. The summed E-state index contributed by atoms with van der Waals surface area (Å²) in [7, 11) is -3.36. The van der Waals surface area contributed by atoms with Gasteiger partial charge in [0, 0.05) is 6.42 Å². The first-order chi connectivity index (χ1) is 15.8. The Labute approximate surface area is 192 Å². The smallest absolute Gasteiger partial charge is 0.332 e. The summed E-state index contributed by atoms with van der Waals surface area (Å²) in [6, 6.07) is 27.2. The molecule has 33 heavy (non-hydrogen) atoms. The number of esters is 1. The number of hydrogen-bond acceptors (Lipinski definition) is 5. The number of ether oxygens (including phenoxy) is 1. The van der Waals surface area contributed by atoms with Crippen molar-refractivity contribution in [1.82, 2.24) is 5.32 Å². The Hall–Kier alpha value is -3.09. The van der Waals surface area contributed by atoms with Crippen LogP contribution in [0.4, 0.5) is 0 Å². The maximum atomic E-state index is 12.8. The van der Waals surface area contributed by atoms with Crippen LogP contribution in [0.15, 0.2) is 91.0 Å². The van der Waals surface area contributed by atoms with E-state index < -0.39 is 43.5 Å². The zero-order valence-corrected chi connectivity index (χ0v) is 19.0. The lowest BCUT2D eigenvalue weighted by molar-refractivity contribution is -0.145. The molecule has 0 saturated heterocycles. The molecule has 7 nitrogen and oxygen atoms in total. The van der Waals surface area contributed by atoms with Gasteiger partial charge in [-0.1, -0.05) is 91.0 Å². The third-order valence-corrected chi connectivity index (χ3v) is 6.08. The molecule has 0 aliphatic heterocycles. The highest BCUT2D eigenvalue weighted by Gasteiger charge is 2.41. The minimum Gasteiger partial charge on any atom is -0.468 e. The van der Waals surface area contributed by atoms with Gasteiger partial charge in [0.05, 0.1) is 12.6 Å². The van der Waals surface area contributed by atoms with Gasteiger partial charge in [0.15, 0.2) is 0 Å². The fourth-order valence-corrected chi connectivity index (χ4v) is 4.52. The standard InChI is InChI=1S/C25H26NO6P/c1-32-24(28)23(17-22(27)18-33(29,30)31)26-25(19-11-5-2-6-12-19,20-13-7-3-8-14-20)21-15-9-4-10-16-21/h2-16,23,26H,17-18H2,1H3,(H2,29,30,31). The first-order valence-corrected chi connectivity index (χ1v) is 12.1. The molecule has 3 aromatic carbocycles. The summed E-state index contributed by atoms with van der Waals surface area (Å²) in [6.07, 6.45) is -1.39. The summed E-state index contributed by atoms with van der Waals surface area (Å²) in [4.78, 5) is 43.6. The van der Waals surface area contributed by atoms with Crippen molar-refractivity contribution in [1.29, 1.82) is 0 Å². The van der Waals surface area contributed by atoms with Gasteiger partial charge in [-0.15, -0.1) is 0 Å². The van der Waals surface area contributed by atoms with Crippen molar-refractivity contribution >= 4 is 19.3 Å². The van der Waals surface area contributed by atoms with Gasteiger partial charge in [-0.3, -0.25) is 19.5 Å². The molecule has 0 aromatic heterocycles. The highest BCUT2D eigenvalue weighted by molar-refractivity contribution is 7.52. The summed E-state index contributed by atoms with van der Waals surface area (Å²) < 4.78 is 16.3. The van der Waals surface area contributed by atoms with E-state index in [4.69, 9.17) is 4.74 Å². The van der Waals surface area contributed by atoms with Crippen molar-refractivity contribution in [2.24, 2.45) is 0 Å². The number of rotatable bonds is 10. The van der Waals surface area contributed by atoms with E-state index in [9.17, 15) is 23.9 Å². The van der Waals surface area contributed by atoms with E-state index in [1.165, 1.54) is 7.11 Å². The zero-order valence-electron chi connectivity index (χ0n) is 18.1. The van der Waals surface area contributed by atoms with Crippen LogP contribution in [0.1, 0.15) is 23.1 Å². The predicted molar refractivity (Wildman–Crippen MR) is 125 cm³/mol. The lowest BCUT2D eigenvalue weighted by Crippen LogP contribution is -2.53. The second-order valence-electron chi connectivity index (χ2n) is 7.63. The quantitative estimate of drug-likeness (QED) is 0.238. The number of carbonyl (C=O) groups is 2. The molecule has 3 rings (SSSR count). The van der Waals surface area contributed by atoms with Gasteiger partial charge >= 0.3 is 13.6 Å². The summed E-state index contributed by atoms with van der Waals surface area (Å²) in [6.45, 7) is 0. The SMILES string of the molecule is COC(=O)C(CC(=O)CP(=O)(O)O)NC(c1ccccc1)(c1ccccc1)c1ccccc1. The third kappa shape index (κ3) is 6.03. The number of hydrogen-bond donors (Lipinski definition) is 3. The summed E-state index contributed by atoms with van der Waals surface area (Å²) in [5, 5.41) is 3.34. The molecule has 1 unspecified atom stereocenters. The van der Waals surface area contributed by atoms with Crippen LogP contribution in [0.25, 0.3) is 0 Å². The van der Waals surface area contributed by atoms with Gasteiger partial charge in [0.2, 0.25) is 0 Å². The van der Waals surface area contributed by atoms with Gasteiger partial charge in [-0.25, -0.2) is 0 Å². The molecule has 0 amide bonds. The van der Waals surface area contributed by atoms with Crippen LogP contribution in [-0.2, 0) is 24.4 Å². The Bertz CT molecular complexity index is 1020. The Morgan fingerprint density at radius 3 is 1.58 bits per heavy atom. The van der Waals surface area contributed by atoms with Gasteiger partial charge in [0.1, 0.15) is 18.0 Å². The minimum absolute atomic E-state index is 0.438. The van der Waals surface area contributed by atoms with Crippen LogP contribution >= 0.6 is 7.60 Å². The fraction of sp³-hybridized carbons (Fsp3) is 0.200. The second kappa shape index (κ2) is 10.7. The van der Waals surface area contributed by atoms with E-state index in [0.29, 0.717) is 0 Å². The number of ketones is 1. The first kappa shape index (κ1) is 24.6. The van der Waals surface area contributed by atoms with Crippen LogP contribution in [0.3, 0.4) is 0 Å². The molecule has 0 spiro atoms. The van der Waals surface area contributed by atoms with Crippen molar-refractivity contribution < 1.29 is 28.7 Å². The molecule has 0 radical (unpaired) electrons. The first-order valence-electron chi connectivity index (χ1n) is 10.3. The molecule has 0 bridgehead atoms. The van der Waals surface area contributed by atoms with Gasteiger partial charge in [-0.2, -0.15) is 0 Å². The van der Waals surface area contributed by atoms with Gasteiger partial charge < -0.3 is 14.5 Å². The van der Waals surface area contributed by atoms with Crippen LogP contribution in [0.2, 0.25) is 0 Å². The molecular formula is C25H26NO6P. The van der Waals surface area contributed by atoms with Crippen molar-refractivity contribution in [3.05, 3.63) is 108 Å². The summed E-state index contributed by atoms with van der Waals surface area (Å²) >= 11 is 0. The molecule has 172 valence electrons.